The molecule has 1 aliphatic heterocycles. The standard InChI is InChI=1S/C18H21NO3S/c1-22-15-10-16(14-7-3-2-4-8-14)23-17(15)18(21)19-9-5-6-13(11-19)12-20/h2-4,7-8,10,13,20H,5-6,9,11-12H2,1H3. The lowest BCUT2D eigenvalue weighted by Crippen LogP contribution is -2.40. The molecule has 1 unspecified atom stereocenters. The zero-order valence-electron chi connectivity index (χ0n) is 13.2. The summed E-state index contributed by atoms with van der Waals surface area (Å²) in [5, 5.41) is 9.35. The van der Waals surface area contributed by atoms with Crippen LogP contribution in [0, 0.1) is 5.92 Å². The van der Waals surface area contributed by atoms with Crippen molar-refractivity contribution in [3.05, 3.63) is 41.3 Å². The highest BCUT2D eigenvalue weighted by molar-refractivity contribution is 7.17. The summed E-state index contributed by atoms with van der Waals surface area (Å²) < 4.78 is 5.43. The number of aliphatic hydroxyl groups is 1. The summed E-state index contributed by atoms with van der Waals surface area (Å²) in [6.07, 6.45) is 1.92. The van der Waals surface area contributed by atoms with Gasteiger partial charge >= 0.3 is 0 Å². The van der Waals surface area contributed by atoms with Gasteiger partial charge in [-0.25, -0.2) is 0 Å². The van der Waals surface area contributed by atoms with Gasteiger partial charge in [0.15, 0.2) is 0 Å². The van der Waals surface area contributed by atoms with Crippen molar-refractivity contribution in [2.75, 3.05) is 26.8 Å². The lowest BCUT2D eigenvalue weighted by atomic mass is 9.99. The Labute approximate surface area is 140 Å². The molecule has 23 heavy (non-hydrogen) atoms. The van der Waals surface area contributed by atoms with Gasteiger partial charge in [0.05, 0.1) is 7.11 Å². The smallest absolute Gasteiger partial charge is 0.267 e. The first-order valence-corrected chi connectivity index (χ1v) is 8.68. The third-order valence-corrected chi connectivity index (χ3v) is 5.39. The highest BCUT2D eigenvalue weighted by atomic mass is 32.1. The van der Waals surface area contributed by atoms with E-state index in [4.69, 9.17) is 4.74 Å². The van der Waals surface area contributed by atoms with Gasteiger partial charge in [-0.1, -0.05) is 30.3 Å². The Balaban J connectivity index is 1.87. The van der Waals surface area contributed by atoms with Crippen LogP contribution in [0.4, 0.5) is 0 Å². The number of hydrogen-bond acceptors (Lipinski definition) is 4. The second-order valence-corrected chi connectivity index (χ2v) is 6.87. The molecule has 1 saturated heterocycles. The number of nitrogens with zero attached hydrogens (tertiary/aromatic N) is 1. The first-order chi connectivity index (χ1) is 11.2. The molecule has 0 aliphatic carbocycles. The summed E-state index contributed by atoms with van der Waals surface area (Å²) in [5.41, 5.74) is 1.08. The Morgan fingerprint density at radius 3 is 2.87 bits per heavy atom. The number of carbonyl (C=O) groups excluding carboxylic acids is 1. The fourth-order valence-corrected chi connectivity index (χ4v) is 4.06. The molecular weight excluding hydrogens is 310 g/mol. The van der Waals surface area contributed by atoms with Crippen LogP contribution in [0.25, 0.3) is 10.4 Å². The third kappa shape index (κ3) is 3.41. The van der Waals surface area contributed by atoms with Gasteiger partial charge < -0.3 is 14.7 Å². The van der Waals surface area contributed by atoms with Crippen LogP contribution < -0.4 is 4.74 Å². The Hall–Kier alpha value is -1.85. The van der Waals surface area contributed by atoms with E-state index in [2.05, 4.69) is 0 Å². The van der Waals surface area contributed by atoms with E-state index >= 15 is 0 Å². The van der Waals surface area contributed by atoms with Crippen molar-refractivity contribution in [1.29, 1.82) is 0 Å². The highest BCUT2D eigenvalue weighted by Gasteiger charge is 2.27. The average Bonchev–Trinajstić information content (AvgIpc) is 3.06. The van der Waals surface area contributed by atoms with E-state index in [1.807, 2.05) is 41.3 Å². The van der Waals surface area contributed by atoms with E-state index in [-0.39, 0.29) is 18.4 Å². The summed E-state index contributed by atoms with van der Waals surface area (Å²) >= 11 is 1.47. The zero-order chi connectivity index (χ0) is 16.2. The van der Waals surface area contributed by atoms with Crippen LogP contribution in [-0.2, 0) is 0 Å². The van der Waals surface area contributed by atoms with Gasteiger partial charge in [-0.15, -0.1) is 11.3 Å². The molecule has 5 heteroatoms. The summed E-state index contributed by atoms with van der Waals surface area (Å²) in [5.74, 6) is 0.824. The Bertz CT molecular complexity index is 668. The van der Waals surface area contributed by atoms with Crippen LogP contribution >= 0.6 is 11.3 Å². The SMILES string of the molecule is COc1cc(-c2ccccc2)sc1C(=O)N1CCCC(CO)C1. The van der Waals surface area contributed by atoms with Gasteiger partial charge in [0.25, 0.3) is 5.91 Å². The maximum atomic E-state index is 12.9. The lowest BCUT2D eigenvalue weighted by Gasteiger charge is -2.31. The van der Waals surface area contributed by atoms with Gasteiger partial charge in [-0.3, -0.25) is 4.79 Å². The minimum atomic E-state index is 0.00665. The van der Waals surface area contributed by atoms with Gasteiger partial charge in [0.2, 0.25) is 0 Å². The van der Waals surface area contributed by atoms with Crippen molar-refractivity contribution in [2.45, 2.75) is 12.8 Å². The van der Waals surface area contributed by atoms with Crippen LogP contribution in [0.15, 0.2) is 36.4 Å². The second-order valence-electron chi connectivity index (χ2n) is 5.82. The number of carbonyl (C=O) groups is 1. The molecule has 3 rings (SSSR count). The van der Waals surface area contributed by atoms with Gasteiger partial charge in [-0.05, 0) is 30.4 Å². The Morgan fingerprint density at radius 1 is 1.39 bits per heavy atom. The number of amides is 1. The molecule has 0 saturated carbocycles. The number of thiophene rings is 1. The zero-order valence-corrected chi connectivity index (χ0v) is 14.0. The molecule has 1 fully saturated rings. The number of ether oxygens (including phenoxy) is 1. The molecule has 2 aromatic rings. The van der Waals surface area contributed by atoms with Crippen molar-refractivity contribution < 1.29 is 14.6 Å². The fourth-order valence-electron chi connectivity index (χ4n) is 2.96. The number of methoxy groups -OCH3 is 1. The summed E-state index contributed by atoms with van der Waals surface area (Å²) in [6, 6.07) is 11.9. The molecule has 1 aliphatic rings. The first kappa shape index (κ1) is 16.0. The number of aliphatic hydroxyl groups excluding tert-OH is 1. The third-order valence-electron chi connectivity index (χ3n) is 4.23. The van der Waals surface area contributed by atoms with Crippen molar-refractivity contribution in [3.63, 3.8) is 0 Å². The first-order valence-electron chi connectivity index (χ1n) is 7.86. The van der Waals surface area contributed by atoms with Crippen LogP contribution in [0.5, 0.6) is 5.75 Å². The molecule has 122 valence electrons. The summed E-state index contributed by atoms with van der Waals surface area (Å²) in [4.78, 5) is 16.4. The molecule has 4 nitrogen and oxygen atoms in total. The van der Waals surface area contributed by atoms with Crippen LogP contribution in [-0.4, -0.2) is 42.7 Å². The van der Waals surface area contributed by atoms with Crippen LogP contribution in [0.2, 0.25) is 0 Å². The van der Waals surface area contributed by atoms with E-state index in [0.29, 0.717) is 17.2 Å². The fraction of sp³-hybridized carbons (Fsp3) is 0.389. The Morgan fingerprint density at radius 2 is 2.17 bits per heavy atom. The van der Waals surface area contributed by atoms with Crippen molar-refractivity contribution >= 4 is 17.2 Å². The molecule has 1 aromatic heterocycles. The number of piperidine rings is 1. The maximum absolute atomic E-state index is 12.9. The predicted octanol–water partition coefficient (Wildman–Crippen LogP) is 3.27. The van der Waals surface area contributed by atoms with E-state index in [0.717, 1.165) is 29.8 Å². The molecule has 1 aromatic carbocycles. The topological polar surface area (TPSA) is 49.8 Å². The highest BCUT2D eigenvalue weighted by Crippen LogP contribution is 2.37. The van der Waals surface area contributed by atoms with Crippen molar-refractivity contribution in [1.82, 2.24) is 4.90 Å². The Kier molecular flexibility index (Phi) is 4.98. The molecule has 1 N–H and O–H groups in total. The average molecular weight is 331 g/mol. The van der Waals surface area contributed by atoms with E-state index in [9.17, 15) is 9.90 Å². The number of likely N-dealkylation sites (tertiary alicyclic amines) is 1. The molecule has 0 spiro atoms. The van der Waals surface area contributed by atoms with Crippen molar-refractivity contribution in [2.24, 2.45) is 5.92 Å². The number of hydrogen-bond donors (Lipinski definition) is 1. The quantitative estimate of drug-likeness (QED) is 0.935. The molecule has 1 amide bonds. The molecular formula is C18H21NO3S. The van der Waals surface area contributed by atoms with E-state index in [1.54, 1.807) is 7.11 Å². The van der Waals surface area contributed by atoms with Crippen LogP contribution in [0.3, 0.4) is 0 Å². The summed E-state index contributed by atoms with van der Waals surface area (Å²) in [6.45, 7) is 1.51. The maximum Gasteiger partial charge on any atom is 0.267 e. The molecule has 0 bridgehead atoms. The number of benzene rings is 1. The van der Waals surface area contributed by atoms with Gasteiger partial charge in [0, 0.05) is 24.6 Å². The lowest BCUT2D eigenvalue weighted by molar-refractivity contribution is 0.0622. The van der Waals surface area contributed by atoms with Crippen molar-refractivity contribution in [3.8, 4) is 16.2 Å². The minimum absolute atomic E-state index is 0.00665. The molecule has 1 atom stereocenters. The minimum Gasteiger partial charge on any atom is -0.495 e. The molecule has 2 heterocycles. The largest absolute Gasteiger partial charge is 0.495 e. The van der Waals surface area contributed by atoms with E-state index in [1.165, 1.54) is 11.3 Å². The van der Waals surface area contributed by atoms with Crippen LogP contribution in [0.1, 0.15) is 22.5 Å². The number of rotatable bonds is 4. The van der Waals surface area contributed by atoms with E-state index < -0.39 is 0 Å². The van der Waals surface area contributed by atoms with Gasteiger partial charge in [-0.2, -0.15) is 0 Å². The predicted molar refractivity (Wildman–Crippen MR) is 92.0 cm³/mol. The second kappa shape index (κ2) is 7.15. The molecule has 0 radical (unpaired) electrons. The van der Waals surface area contributed by atoms with Gasteiger partial charge in [0.1, 0.15) is 10.6 Å². The monoisotopic (exact) mass is 331 g/mol. The normalized spacial score (nSPS) is 18.0. The summed E-state index contributed by atoms with van der Waals surface area (Å²) in [7, 11) is 1.60.